The lowest BCUT2D eigenvalue weighted by atomic mass is 10.1. The van der Waals surface area contributed by atoms with Crippen LogP contribution in [-0.4, -0.2) is 31.3 Å². The van der Waals surface area contributed by atoms with Crippen LogP contribution in [0.2, 0.25) is 0 Å². The lowest BCUT2D eigenvalue weighted by Crippen LogP contribution is -2.33. The van der Waals surface area contributed by atoms with Crippen LogP contribution in [0, 0.1) is 0 Å². The standard InChI is InChI=1S/C12H16Br2N2O/c1-16(8-10-4-2-3-5-17-10)12-11(14)6-9(13)7-15-12/h6-7,10H,2-5,8H2,1H3. The van der Waals surface area contributed by atoms with Crippen LogP contribution in [0.15, 0.2) is 21.2 Å². The van der Waals surface area contributed by atoms with E-state index in [0.717, 1.165) is 34.3 Å². The van der Waals surface area contributed by atoms with Crippen LogP contribution in [0.1, 0.15) is 19.3 Å². The summed E-state index contributed by atoms with van der Waals surface area (Å²) in [6.07, 6.45) is 5.77. The average Bonchev–Trinajstić information content (AvgIpc) is 2.30. The summed E-state index contributed by atoms with van der Waals surface area (Å²) in [7, 11) is 2.05. The minimum atomic E-state index is 0.339. The molecular weight excluding hydrogens is 348 g/mol. The normalized spacial score (nSPS) is 20.3. The summed E-state index contributed by atoms with van der Waals surface area (Å²) < 4.78 is 7.73. The molecule has 0 saturated carbocycles. The minimum Gasteiger partial charge on any atom is -0.376 e. The highest BCUT2D eigenvalue weighted by Gasteiger charge is 2.17. The molecule has 1 aliphatic rings. The average molecular weight is 364 g/mol. The Balaban J connectivity index is 2.00. The Morgan fingerprint density at radius 2 is 2.29 bits per heavy atom. The minimum absolute atomic E-state index is 0.339. The zero-order valence-electron chi connectivity index (χ0n) is 9.83. The lowest BCUT2D eigenvalue weighted by molar-refractivity contribution is 0.0215. The van der Waals surface area contributed by atoms with Crippen molar-refractivity contribution in [2.24, 2.45) is 0 Å². The van der Waals surface area contributed by atoms with Crippen molar-refractivity contribution in [3.05, 3.63) is 21.2 Å². The number of hydrogen-bond acceptors (Lipinski definition) is 3. The van der Waals surface area contributed by atoms with E-state index in [9.17, 15) is 0 Å². The Labute approximate surface area is 119 Å². The molecule has 1 aromatic heterocycles. The van der Waals surface area contributed by atoms with Gasteiger partial charge in [0.25, 0.3) is 0 Å². The summed E-state index contributed by atoms with van der Waals surface area (Å²) in [5.41, 5.74) is 0. The molecule has 0 bridgehead atoms. The summed E-state index contributed by atoms with van der Waals surface area (Å²) in [6, 6.07) is 2.01. The maximum absolute atomic E-state index is 5.74. The van der Waals surface area contributed by atoms with Crippen molar-refractivity contribution in [2.75, 3.05) is 25.1 Å². The van der Waals surface area contributed by atoms with Gasteiger partial charge in [0, 0.05) is 30.9 Å². The van der Waals surface area contributed by atoms with Gasteiger partial charge in [-0.05, 0) is 57.2 Å². The van der Waals surface area contributed by atoms with Crippen molar-refractivity contribution in [1.82, 2.24) is 4.98 Å². The molecule has 94 valence electrons. The monoisotopic (exact) mass is 362 g/mol. The van der Waals surface area contributed by atoms with Gasteiger partial charge in [-0.25, -0.2) is 4.98 Å². The van der Waals surface area contributed by atoms with Gasteiger partial charge in [-0.15, -0.1) is 0 Å². The van der Waals surface area contributed by atoms with E-state index in [1.54, 1.807) is 0 Å². The number of halogens is 2. The number of rotatable bonds is 3. The molecule has 0 amide bonds. The molecule has 1 unspecified atom stereocenters. The highest BCUT2D eigenvalue weighted by molar-refractivity contribution is 9.11. The van der Waals surface area contributed by atoms with E-state index in [1.807, 2.05) is 12.3 Å². The second kappa shape index (κ2) is 6.16. The second-order valence-electron chi connectivity index (χ2n) is 4.33. The van der Waals surface area contributed by atoms with Gasteiger partial charge in [-0.2, -0.15) is 0 Å². The van der Waals surface area contributed by atoms with Crippen LogP contribution >= 0.6 is 31.9 Å². The van der Waals surface area contributed by atoms with E-state index in [-0.39, 0.29) is 0 Å². The van der Waals surface area contributed by atoms with Crippen molar-refractivity contribution >= 4 is 37.7 Å². The first-order valence-corrected chi connectivity index (χ1v) is 7.39. The topological polar surface area (TPSA) is 25.4 Å². The highest BCUT2D eigenvalue weighted by Crippen LogP contribution is 2.26. The molecule has 17 heavy (non-hydrogen) atoms. The van der Waals surface area contributed by atoms with Crippen molar-refractivity contribution < 1.29 is 4.74 Å². The third-order valence-corrected chi connectivity index (χ3v) is 3.92. The van der Waals surface area contributed by atoms with E-state index in [1.165, 1.54) is 12.8 Å². The van der Waals surface area contributed by atoms with Crippen molar-refractivity contribution in [3.63, 3.8) is 0 Å². The van der Waals surface area contributed by atoms with Gasteiger partial charge in [-0.3, -0.25) is 0 Å². The predicted molar refractivity (Wildman–Crippen MR) is 76.5 cm³/mol. The fourth-order valence-electron chi connectivity index (χ4n) is 2.03. The summed E-state index contributed by atoms with van der Waals surface area (Å²) in [6.45, 7) is 1.79. The summed E-state index contributed by atoms with van der Waals surface area (Å²) in [5, 5.41) is 0. The Morgan fingerprint density at radius 1 is 1.47 bits per heavy atom. The number of anilines is 1. The molecule has 1 aromatic rings. The molecule has 3 nitrogen and oxygen atoms in total. The van der Waals surface area contributed by atoms with Crippen LogP contribution in [0.3, 0.4) is 0 Å². The maximum atomic E-state index is 5.74. The fraction of sp³-hybridized carbons (Fsp3) is 0.583. The molecule has 0 aliphatic carbocycles. The third-order valence-electron chi connectivity index (χ3n) is 2.90. The number of hydrogen-bond donors (Lipinski definition) is 0. The van der Waals surface area contributed by atoms with Gasteiger partial charge in [0.2, 0.25) is 0 Å². The summed E-state index contributed by atoms with van der Waals surface area (Å²) in [4.78, 5) is 6.57. The molecule has 0 spiro atoms. The van der Waals surface area contributed by atoms with Crippen LogP contribution in [0.4, 0.5) is 5.82 Å². The number of nitrogens with zero attached hydrogens (tertiary/aromatic N) is 2. The number of ether oxygens (including phenoxy) is 1. The highest BCUT2D eigenvalue weighted by atomic mass is 79.9. The second-order valence-corrected chi connectivity index (χ2v) is 6.10. The summed E-state index contributed by atoms with van der Waals surface area (Å²) in [5.74, 6) is 0.961. The van der Waals surface area contributed by atoms with Crippen molar-refractivity contribution in [3.8, 4) is 0 Å². The predicted octanol–water partition coefficient (Wildman–Crippen LogP) is 3.61. The van der Waals surface area contributed by atoms with E-state index in [2.05, 4.69) is 48.8 Å². The molecule has 1 fully saturated rings. The van der Waals surface area contributed by atoms with Gasteiger partial charge in [-0.1, -0.05) is 0 Å². The van der Waals surface area contributed by atoms with Gasteiger partial charge in [0.15, 0.2) is 0 Å². The zero-order valence-corrected chi connectivity index (χ0v) is 13.0. The largest absolute Gasteiger partial charge is 0.376 e. The molecule has 5 heteroatoms. The molecule has 0 N–H and O–H groups in total. The molecule has 1 aliphatic heterocycles. The first-order valence-electron chi connectivity index (χ1n) is 5.80. The van der Waals surface area contributed by atoms with Gasteiger partial charge < -0.3 is 9.64 Å². The van der Waals surface area contributed by atoms with Gasteiger partial charge >= 0.3 is 0 Å². The fourth-order valence-corrected chi connectivity index (χ4v) is 3.32. The van der Waals surface area contributed by atoms with Crippen molar-refractivity contribution in [1.29, 1.82) is 0 Å². The Kier molecular flexibility index (Phi) is 4.82. The van der Waals surface area contributed by atoms with Gasteiger partial charge in [0.1, 0.15) is 5.82 Å². The van der Waals surface area contributed by atoms with Crippen molar-refractivity contribution in [2.45, 2.75) is 25.4 Å². The van der Waals surface area contributed by atoms with Gasteiger partial charge in [0.05, 0.1) is 10.6 Å². The van der Waals surface area contributed by atoms with E-state index in [4.69, 9.17) is 4.74 Å². The Bertz CT molecular complexity index is 381. The summed E-state index contributed by atoms with van der Waals surface area (Å²) >= 11 is 6.95. The SMILES string of the molecule is CN(CC1CCCCO1)c1ncc(Br)cc1Br. The number of pyridine rings is 1. The first-order chi connectivity index (χ1) is 8.16. The molecular formula is C12H16Br2N2O. The molecule has 2 heterocycles. The third kappa shape index (κ3) is 3.66. The van der Waals surface area contributed by atoms with Crippen LogP contribution in [0.25, 0.3) is 0 Å². The van der Waals surface area contributed by atoms with E-state index in [0.29, 0.717) is 6.10 Å². The quantitative estimate of drug-likeness (QED) is 0.820. The van der Waals surface area contributed by atoms with E-state index >= 15 is 0 Å². The van der Waals surface area contributed by atoms with Crippen LogP contribution < -0.4 is 4.90 Å². The first kappa shape index (κ1) is 13.3. The molecule has 0 aromatic carbocycles. The maximum Gasteiger partial charge on any atom is 0.142 e. The van der Waals surface area contributed by atoms with Crippen LogP contribution in [0.5, 0.6) is 0 Å². The number of aromatic nitrogens is 1. The number of likely N-dealkylation sites (N-methyl/N-ethyl adjacent to an activating group) is 1. The lowest BCUT2D eigenvalue weighted by Gasteiger charge is -2.28. The Hall–Kier alpha value is -0.130. The molecule has 2 rings (SSSR count). The molecule has 0 radical (unpaired) electrons. The Morgan fingerprint density at radius 3 is 2.94 bits per heavy atom. The smallest absolute Gasteiger partial charge is 0.142 e. The zero-order chi connectivity index (χ0) is 12.3. The molecule has 1 saturated heterocycles. The van der Waals surface area contributed by atoms with Crippen LogP contribution in [-0.2, 0) is 4.74 Å². The van der Waals surface area contributed by atoms with E-state index < -0.39 is 0 Å². The molecule has 1 atom stereocenters.